The topological polar surface area (TPSA) is 48.1 Å². The summed E-state index contributed by atoms with van der Waals surface area (Å²) in [4.78, 5) is 4.32. The molecule has 0 unspecified atom stereocenters. The molecule has 0 spiro atoms. The van der Waals surface area contributed by atoms with Crippen molar-refractivity contribution in [2.75, 3.05) is 5.73 Å². The van der Waals surface area contributed by atoms with E-state index in [1.165, 1.54) is 5.56 Å². The minimum atomic E-state index is 0.505. The van der Waals surface area contributed by atoms with Crippen molar-refractivity contribution >= 4 is 16.6 Å². The minimum absolute atomic E-state index is 0.505. The smallest absolute Gasteiger partial charge is 0.161 e. The second kappa shape index (κ2) is 5.44. The summed E-state index contributed by atoms with van der Waals surface area (Å²) in [6.07, 6.45) is 1.64. The fourth-order valence-electron chi connectivity index (χ4n) is 2.28. The van der Waals surface area contributed by atoms with Crippen LogP contribution in [0.5, 0.6) is 11.5 Å². The van der Waals surface area contributed by atoms with Crippen molar-refractivity contribution in [2.45, 2.75) is 19.8 Å². The van der Waals surface area contributed by atoms with E-state index in [1.54, 1.807) is 6.20 Å². The summed E-state index contributed by atoms with van der Waals surface area (Å²) in [5, 5.41) is 0.922. The third-order valence-corrected chi connectivity index (χ3v) is 3.52. The first-order valence-corrected chi connectivity index (χ1v) is 7.06. The van der Waals surface area contributed by atoms with Gasteiger partial charge in [-0.25, -0.2) is 0 Å². The zero-order valence-corrected chi connectivity index (χ0v) is 12.2. The number of rotatable bonds is 3. The van der Waals surface area contributed by atoms with E-state index < -0.39 is 0 Å². The van der Waals surface area contributed by atoms with Crippen LogP contribution in [0.25, 0.3) is 10.9 Å². The summed E-state index contributed by atoms with van der Waals surface area (Å²) in [6.45, 7) is 4.34. The van der Waals surface area contributed by atoms with Gasteiger partial charge in [0.2, 0.25) is 0 Å². The SMILES string of the molecule is CC(C)c1ccc(Oc2c(N)cnc3ccccc23)cc1. The van der Waals surface area contributed by atoms with E-state index in [-0.39, 0.29) is 0 Å². The van der Waals surface area contributed by atoms with Crippen LogP contribution < -0.4 is 10.5 Å². The molecule has 21 heavy (non-hydrogen) atoms. The lowest BCUT2D eigenvalue weighted by Gasteiger charge is -2.12. The van der Waals surface area contributed by atoms with E-state index in [0.29, 0.717) is 17.4 Å². The predicted molar refractivity (Wildman–Crippen MR) is 86.8 cm³/mol. The summed E-state index contributed by atoms with van der Waals surface area (Å²) >= 11 is 0. The minimum Gasteiger partial charge on any atom is -0.454 e. The van der Waals surface area contributed by atoms with Crippen molar-refractivity contribution < 1.29 is 4.74 Å². The normalized spacial score (nSPS) is 11.0. The van der Waals surface area contributed by atoms with Gasteiger partial charge in [-0.15, -0.1) is 0 Å². The maximum absolute atomic E-state index is 6.03. The molecule has 1 heterocycles. The molecule has 3 heteroatoms. The van der Waals surface area contributed by atoms with Crippen LogP contribution >= 0.6 is 0 Å². The van der Waals surface area contributed by atoms with Gasteiger partial charge in [0, 0.05) is 5.39 Å². The van der Waals surface area contributed by atoms with Crippen LogP contribution in [0.1, 0.15) is 25.3 Å². The molecule has 2 N–H and O–H groups in total. The first-order valence-electron chi connectivity index (χ1n) is 7.06. The lowest BCUT2D eigenvalue weighted by atomic mass is 10.0. The number of anilines is 1. The molecule has 0 fully saturated rings. The summed E-state index contributed by atoms with van der Waals surface area (Å²) < 4.78 is 5.99. The van der Waals surface area contributed by atoms with Crippen LogP contribution in [-0.2, 0) is 0 Å². The van der Waals surface area contributed by atoms with E-state index in [1.807, 2.05) is 36.4 Å². The van der Waals surface area contributed by atoms with Crippen LogP contribution in [0.15, 0.2) is 54.7 Å². The van der Waals surface area contributed by atoms with Gasteiger partial charge in [-0.05, 0) is 35.7 Å². The Bertz CT molecular complexity index is 764. The molecule has 3 rings (SSSR count). The first kappa shape index (κ1) is 13.4. The Morgan fingerprint density at radius 1 is 1.00 bits per heavy atom. The Hall–Kier alpha value is -2.55. The number of benzene rings is 2. The van der Waals surface area contributed by atoms with E-state index in [9.17, 15) is 0 Å². The highest BCUT2D eigenvalue weighted by atomic mass is 16.5. The number of nitrogens with two attached hydrogens (primary N) is 1. The Kier molecular flexibility index (Phi) is 3.48. The zero-order chi connectivity index (χ0) is 14.8. The fraction of sp³-hybridized carbons (Fsp3) is 0.167. The number of nitrogen functional groups attached to an aromatic ring is 1. The largest absolute Gasteiger partial charge is 0.454 e. The summed E-state index contributed by atoms with van der Waals surface area (Å²) in [5.74, 6) is 1.95. The van der Waals surface area contributed by atoms with Gasteiger partial charge in [0.1, 0.15) is 5.75 Å². The number of hydrogen-bond acceptors (Lipinski definition) is 3. The average molecular weight is 278 g/mol. The second-order valence-electron chi connectivity index (χ2n) is 5.39. The fourth-order valence-corrected chi connectivity index (χ4v) is 2.28. The molecule has 106 valence electrons. The molecule has 0 amide bonds. The third-order valence-electron chi connectivity index (χ3n) is 3.52. The number of fused-ring (bicyclic) bond motifs is 1. The molecular formula is C18H18N2O. The van der Waals surface area contributed by atoms with Crippen molar-refractivity contribution in [1.82, 2.24) is 4.98 Å². The summed E-state index contributed by atoms with van der Waals surface area (Å²) in [5.41, 5.74) is 8.73. The zero-order valence-electron chi connectivity index (χ0n) is 12.2. The molecule has 0 aliphatic carbocycles. The van der Waals surface area contributed by atoms with Crippen LogP contribution in [0, 0.1) is 0 Å². The van der Waals surface area contributed by atoms with Crippen molar-refractivity contribution in [1.29, 1.82) is 0 Å². The molecule has 1 aromatic heterocycles. The molecule has 0 bridgehead atoms. The monoisotopic (exact) mass is 278 g/mol. The Balaban J connectivity index is 1.99. The van der Waals surface area contributed by atoms with E-state index in [0.717, 1.165) is 16.7 Å². The molecule has 0 aliphatic heterocycles. The molecular weight excluding hydrogens is 260 g/mol. The van der Waals surface area contributed by atoms with Gasteiger partial charge in [-0.3, -0.25) is 4.98 Å². The molecule has 0 radical (unpaired) electrons. The Labute approximate surface area is 124 Å². The maximum atomic E-state index is 6.03. The highest BCUT2D eigenvalue weighted by Gasteiger charge is 2.09. The number of aromatic nitrogens is 1. The van der Waals surface area contributed by atoms with Crippen LogP contribution in [0.2, 0.25) is 0 Å². The quantitative estimate of drug-likeness (QED) is 0.753. The number of para-hydroxylation sites is 1. The molecule has 2 aromatic carbocycles. The number of ether oxygens (including phenoxy) is 1. The number of pyridine rings is 1. The van der Waals surface area contributed by atoms with Gasteiger partial charge in [0.15, 0.2) is 5.75 Å². The lowest BCUT2D eigenvalue weighted by Crippen LogP contribution is -1.95. The van der Waals surface area contributed by atoms with Gasteiger partial charge in [-0.2, -0.15) is 0 Å². The van der Waals surface area contributed by atoms with Gasteiger partial charge >= 0.3 is 0 Å². The molecule has 0 saturated heterocycles. The van der Waals surface area contributed by atoms with Crippen LogP contribution in [0.4, 0.5) is 5.69 Å². The van der Waals surface area contributed by atoms with E-state index in [4.69, 9.17) is 10.5 Å². The lowest BCUT2D eigenvalue weighted by molar-refractivity contribution is 0.490. The first-order chi connectivity index (χ1) is 10.1. The average Bonchev–Trinajstić information content (AvgIpc) is 2.51. The Morgan fingerprint density at radius 3 is 2.43 bits per heavy atom. The van der Waals surface area contributed by atoms with Gasteiger partial charge in [0.05, 0.1) is 17.4 Å². The molecule has 0 aliphatic rings. The van der Waals surface area contributed by atoms with Gasteiger partial charge in [-0.1, -0.05) is 38.1 Å². The highest BCUT2D eigenvalue weighted by molar-refractivity contribution is 5.89. The van der Waals surface area contributed by atoms with Crippen molar-refractivity contribution in [3.05, 3.63) is 60.3 Å². The predicted octanol–water partition coefficient (Wildman–Crippen LogP) is 4.73. The second-order valence-corrected chi connectivity index (χ2v) is 5.39. The number of hydrogen-bond donors (Lipinski definition) is 1. The van der Waals surface area contributed by atoms with Crippen molar-refractivity contribution in [2.24, 2.45) is 0 Å². The summed E-state index contributed by atoms with van der Waals surface area (Å²) in [7, 11) is 0. The van der Waals surface area contributed by atoms with E-state index in [2.05, 4.69) is 31.0 Å². The third kappa shape index (κ3) is 2.68. The molecule has 0 atom stereocenters. The van der Waals surface area contributed by atoms with E-state index >= 15 is 0 Å². The Morgan fingerprint density at radius 2 is 1.71 bits per heavy atom. The standard InChI is InChI=1S/C18H18N2O/c1-12(2)13-7-9-14(10-8-13)21-18-15-5-3-4-6-17(15)20-11-16(18)19/h3-12H,19H2,1-2H3. The van der Waals surface area contributed by atoms with Crippen LogP contribution in [0.3, 0.4) is 0 Å². The number of nitrogens with zero attached hydrogens (tertiary/aromatic N) is 1. The van der Waals surface area contributed by atoms with Crippen LogP contribution in [-0.4, -0.2) is 4.98 Å². The van der Waals surface area contributed by atoms with Crippen molar-refractivity contribution in [3.8, 4) is 11.5 Å². The summed E-state index contributed by atoms with van der Waals surface area (Å²) in [6, 6.07) is 15.9. The molecule has 3 aromatic rings. The van der Waals surface area contributed by atoms with Gasteiger partial charge < -0.3 is 10.5 Å². The molecule has 3 nitrogen and oxygen atoms in total. The maximum Gasteiger partial charge on any atom is 0.161 e. The molecule has 0 saturated carbocycles. The highest BCUT2D eigenvalue weighted by Crippen LogP contribution is 2.34. The van der Waals surface area contributed by atoms with Crippen molar-refractivity contribution in [3.63, 3.8) is 0 Å². The van der Waals surface area contributed by atoms with Gasteiger partial charge in [0.25, 0.3) is 0 Å².